The highest BCUT2D eigenvalue weighted by Crippen LogP contribution is 2.19. The minimum atomic E-state index is 0.0430. The van der Waals surface area contributed by atoms with E-state index in [1.54, 1.807) is 6.08 Å². The Hall–Kier alpha value is -0.370. The van der Waals surface area contributed by atoms with Gasteiger partial charge in [-0.05, 0) is 19.3 Å². The molecule has 1 nitrogen and oxygen atoms in total. The molecule has 0 bridgehead atoms. The lowest BCUT2D eigenvalue weighted by Gasteiger charge is -2.34. The van der Waals surface area contributed by atoms with Gasteiger partial charge in [-0.3, -0.25) is 4.90 Å². The number of halogens is 1. The third-order valence-electron chi connectivity index (χ3n) is 3.18. The standard InChI is InChI=1S/C11H20FN/c1-4-9(2)10(3)13-7-5-6-11(12)8-13/h6,9-10H,4-5,7-8H2,1-3H3. The van der Waals surface area contributed by atoms with E-state index in [2.05, 4.69) is 25.7 Å². The molecule has 0 saturated carbocycles. The molecule has 0 aromatic rings. The Balaban J connectivity index is 2.48. The fourth-order valence-corrected chi connectivity index (χ4v) is 1.77. The summed E-state index contributed by atoms with van der Waals surface area (Å²) in [5.41, 5.74) is 0. The van der Waals surface area contributed by atoms with Crippen LogP contribution in [0.5, 0.6) is 0 Å². The summed E-state index contributed by atoms with van der Waals surface area (Å²) < 4.78 is 13.0. The summed E-state index contributed by atoms with van der Waals surface area (Å²) in [4.78, 5) is 2.24. The van der Waals surface area contributed by atoms with Gasteiger partial charge >= 0.3 is 0 Å². The summed E-state index contributed by atoms with van der Waals surface area (Å²) in [6.07, 6.45) is 3.75. The van der Waals surface area contributed by atoms with Crippen LogP contribution in [0, 0.1) is 5.92 Å². The largest absolute Gasteiger partial charge is 0.294 e. The van der Waals surface area contributed by atoms with Crippen LogP contribution in [0.4, 0.5) is 4.39 Å². The molecule has 0 amide bonds. The molecule has 0 N–H and O–H groups in total. The maximum absolute atomic E-state index is 13.0. The summed E-state index contributed by atoms with van der Waals surface area (Å²) in [7, 11) is 0. The Morgan fingerprint density at radius 1 is 1.54 bits per heavy atom. The van der Waals surface area contributed by atoms with Crippen LogP contribution in [0.25, 0.3) is 0 Å². The van der Waals surface area contributed by atoms with E-state index in [1.807, 2.05) is 0 Å². The van der Waals surface area contributed by atoms with Gasteiger partial charge in [0.2, 0.25) is 0 Å². The van der Waals surface area contributed by atoms with Crippen molar-refractivity contribution in [1.82, 2.24) is 4.90 Å². The molecule has 1 aliphatic heterocycles. The van der Waals surface area contributed by atoms with E-state index >= 15 is 0 Å². The summed E-state index contributed by atoms with van der Waals surface area (Å²) >= 11 is 0. The Bertz CT molecular complexity index is 189. The maximum atomic E-state index is 13.0. The molecule has 1 aliphatic rings. The van der Waals surface area contributed by atoms with Gasteiger partial charge in [0.05, 0.1) is 6.54 Å². The van der Waals surface area contributed by atoms with Crippen LogP contribution in [-0.4, -0.2) is 24.0 Å². The van der Waals surface area contributed by atoms with Gasteiger partial charge in [-0.1, -0.05) is 26.3 Å². The molecule has 0 spiro atoms. The number of rotatable bonds is 3. The molecule has 1 heterocycles. The zero-order valence-corrected chi connectivity index (χ0v) is 8.89. The molecule has 2 heteroatoms. The highest BCUT2D eigenvalue weighted by atomic mass is 19.1. The second kappa shape index (κ2) is 4.75. The van der Waals surface area contributed by atoms with Crippen LogP contribution in [0.3, 0.4) is 0 Å². The topological polar surface area (TPSA) is 3.24 Å². The van der Waals surface area contributed by atoms with Crippen molar-refractivity contribution < 1.29 is 4.39 Å². The first kappa shape index (κ1) is 10.7. The summed E-state index contributed by atoms with van der Waals surface area (Å²) in [5.74, 6) is 0.701. The van der Waals surface area contributed by atoms with Crippen LogP contribution in [0.15, 0.2) is 11.9 Å². The van der Waals surface area contributed by atoms with Gasteiger partial charge in [0.1, 0.15) is 5.83 Å². The summed E-state index contributed by atoms with van der Waals surface area (Å²) in [6, 6.07) is 0.504. The molecule has 1 rings (SSSR count). The number of hydrogen-bond acceptors (Lipinski definition) is 1. The van der Waals surface area contributed by atoms with Crippen molar-refractivity contribution in [3.63, 3.8) is 0 Å². The third kappa shape index (κ3) is 2.80. The maximum Gasteiger partial charge on any atom is 0.110 e. The van der Waals surface area contributed by atoms with Crippen LogP contribution < -0.4 is 0 Å². The van der Waals surface area contributed by atoms with Gasteiger partial charge in [0.15, 0.2) is 0 Å². The molecule has 0 radical (unpaired) electrons. The van der Waals surface area contributed by atoms with E-state index in [4.69, 9.17) is 0 Å². The fourth-order valence-electron chi connectivity index (χ4n) is 1.77. The molecule has 0 aliphatic carbocycles. The molecule has 2 unspecified atom stereocenters. The minimum Gasteiger partial charge on any atom is -0.294 e. The molecule has 0 fully saturated rings. The van der Waals surface area contributed by atoms with Gasteiger partial charge in [0, 0.05) is 12.6 Å². The van der Waals surface area contributed by atoms with Gasteiger partial charge < -0.3 is 0 Å². The molecule has 13 heavy (non-hydrogen) atoms. The second-order valence-electron chi connectivity index (χ2n) is 4.04. The SMILES string of the molecule is CCC(C)C(C)N1CCC=C(F)C1. The van der Waals surface area contributed by atoms with E-state index in [-0.39, 0.29) is 5.83 Å². The average Bonchev–Trinajstić information content (AvgIpc) is 2.15. The highest BCUT2D eigenvalue weighted by molar-refractivity contribution is 5.00. The van der Waals surface area contributed by atoms with Crippen molar-refractivity contribution in [3.05, 3.63) is 11.9 Å². The van der Waals surface area contributed by atoms with Crippen molar-refractivity contribution in [3.8, 4) is 0 Å². The lowest BCUT2D eigenvalue weighted by atomic mass is 9.98. The predicted octanol–water partition coefficient (Wildman–Crippen LogP) is 2.98. The van der Waals surface area contributed by atoms with Gasteiger partial charge in [-0.15, -0.1) is 0 Å². The zero-order valence-electron chi connectivity index (χ0n) is 8.89. The Kier molecular flexibility index (Phi) is 3.91. The second-order valence-corrected chi connectivity index (χ2v) is 4.04. The minimum absolute atomic E-state index is 0.0430. The number of nitrogens with zero attached hydrogens (tertiary/aromatic N) is 1. The molecular weight excluding hydrogens is 165 g/mol. The quantitative estimate of drug-likeness (QED) is 0.653. The van der Waals surface area contributed by atoms with Crippen molar-refractivity contribution in [1.29, 1.82) is 0 Å². The summed E-state index contributed by atoms with van der Waals surface area (Å²) in [6.45, 7) is 8.16. The molecule has 0 aromatic heterocycles. The lowest BCUT2D eigenvalue weighted by molar-refractivity contribution is 0.157. The summed E-state index contributed by atoms with van der Waals surface area (Å²) in [5, 5.41) is 0. The molecule has 0 aromatic carbocycles. The van der Waals surface area contributed by atoms with Crippen molar-refractivity contribution in [2.45, 2.75) is 39.7 Å². The third-order valence-corrected chi connectivity index (χ3v) is 3.18. The van der Waals surface area contributed by atoms with E-state index in [9.17, 15) is 4.39 Å². The zero-order chi connectivity index (χ0) is 9.84. The van der Waals surface area contributed by atoms with Gasteiger partial charge in [-0.25, -0.2) is 4.39 Å². The van der Waals surface area contributed by atoms with Crippen LogP contribution in [0.1, 0.15) is 33.6 Å². The van der Waals surface area contributed by atoms with E-state index in [0.717, 1.165) is 13.0 Å². The van der Waals surface area contributed by atoms with Crippen LogP contribution in [-0.2, 0) is 0 Å². The Morgan fingerprint density at radius 2 is 2.23 bits per heavy atom. The Labute approximate surface area is 80.6 Å². The first-order chi connectivity index (χ1) is 6.15. The predicted molar refractivity (Wildman–Crippen MR) is 54.3 cm³/mol. The van der Waals surface area contributed by atoms with Crippen LogP contribution in [0.2, 0.25) is 0 Å². The fraction of sp³-hybridized carbons (Fsp3) is 0.818. The smallest absolute Gasteiger partial charge is 0.110 e. The van der Waals surface area contributed by atoms with Crippen molar-refractivity contribution in [2.24, 2.45) is 5.92 Å². The van der Waals surface area contributed by atoms with E-state index in [0.29, 0.717) is 18.5 Å². The van der Waals surface area contributed by atoms with E-state index < -0.39 is 0 Å². The molecule has 0 saturated heterocycles. The Morgan fingerprint density at radius 3 is 2.77 bits per heavy atom. The molecule has 2 atom stereocenters. The number of hydrogen-bond donors (Lipinski definition) is 0. The average molecular weight is 185 g/mol. The molecule has 76 valence electrons. The van der Waals surface area contributed by atoms with E-state index in [1.165, 1.54) is 6.42 Å². The van der Waals surface area contributed by atoms with Gasteiger partial charge in [-0.2, -0.15) is 0 Å². The highest BCUT2D eigenvalue weighted by Gasteiger charge is 2.21. The lowest BCUT2D eigenvalue weighted by Crippen LogP contribution is -2.40. The first-order valence-corrected chi connectivity index (χ1v) is 5.23. The van der Waals surface area contributed by atoms with Crippen LogP contribution >= 0.6 is 0 Å². The normalized spacial score (nSPS) is 23.8. The van der Waals surface area contributed by atoms with Gasteiger partial charge in [0.25, 0.3) is 0 Å². The van der Waals surface area contributed by atoms with Crippen molar-refractivity contribution in [2.75, 3.05) is 13.1 Å². The monoisotopic (exact) mass is 185 g/mol. The first-order valence-electron chi connectivity index (χ1n) is 5.23. The van der Waals surface area contributed by atoms with Crippen molar-refractivity contribution >= 4 is 0 Å². The molecular formula is C11H20FN.